The van der Waals surface area contributed by atoms with Crippen molar-refractivity contribution in [2.75, 3.05) is 0 Å². The normalized spacial score (nSPS) is 12.7. The Morgan fingerprint density at radius 2 is 1.20 bits per heavy atom. The maximum Gasteiger partial charge on any atom is 0.123 e. The SMILES string of the molecule is CC(Cc1ccc(F)cc1)Cc1ccc(C(C)C)cc1. The Morgan fingerprint density at radius 1 is 0.750 bits per heavy atom. The predicted octanol–water partition coefficient (Wildman–Crippen LogP) is 5.37. The molecule has 20 heavy (non-hydrogen) atoms. The molecule has 1 unspecified atom stereocenters. The van der Waals surface area contributed by atoms with Crippen LogP contribution in [0, 0.1) is 11.7 Å². The van der Waals surface area contributed by atoms with E-state index in [-0.39, 0.29) is 5.82 Å². The van der Waals surface area contributed by atoms with Crippen molar-refractivity contribution in [2.45, 2.75) is 39.5 Å². The van der Waals surface area contributed by atoms with Gasteiger partial charge in [-0.2, -0.15) is 0 Å². The smallest absolute Gasteiger partial charge is 0.123 e. The number of halogens is 1. The molecule has 0 bridgehead atoms. The van der Waals surface area contributed by atoms with E-state index in [1.807, 2.05) is 12.1 Å². The molecule has 0 aliphatic heterocycles. The monoisotopic (exact) mass is 270 g/mol. The van der Waals surface area contributed by atoms with E-state index >= 15 is 0 Å². The highest BCUT2D eigenvalue weighted by atomic mass is 19.1. The second-order valence-electron chi connectivity index (χ2n) is 6.04. The van der Waals surface area contributed by atoms with Crippen molar-refractivity contribution in [2.24, 2.45) is 5.92 Å². The lowest BCUT2D eigenvalue weighted by Gasteiger charge is -2.13. The molecule has 0 saturated heterocycles. The van der Waals surface area contributed by atoms with Gasteiger partial charge in [0.1, 0.15) is 5.82 Å². The molecular formula is C19H23F. The number of benzene rings is 2. The highest BCUT2D eigenvalue weighted by Gasteiger charge is 2.06. The number of rotatable bonds is 5. The molecule has 0 radical (unpaired) electrons. The van der Waals surface area contributed by atoms with Crippen LogP contribution in [0.25, 0.3) is 0 Å². The molecule has 2 aromatic carbocycles. The summed E-state index contributed by atoms with van der Waals surface area (Å²) in [5.41, 5.74) is 3.97. The largest absolute Gasteiger partial charge is 0.207 e. The van der Waals surface area contributed by atoms with E-state index < -0.39 is 0 Å². The van der Waals surface area contributed by atoms with Gasteiger partial charge >= 0.3 is 0 Å². The third kappa shape index (κ3) is 4.19. The zero-order chi connectivity index (χ0) is 14.5. The Bertz CT molecular complexity index is 523. The first-order valence-corrected chi connectivity index (χ1v) is 7.38. The summed E-state index contributed by atoms with van der Waals surface area (Å²) in [5, 5.41) is 0. The van der Waals surface area contributed by atoms with Crippen LogP contribution in [0.5, 0.6) is 0 Å². The van der Waals surface area contributed by atoms with Gasteiger partial charge < -0.3 is 0 Å². The van der Waals surface area contributed by atoms with Crippen molar-refractivity contribution in [3.8, 4) is 0 Å². The fraction of sp³-hybridized carbons (Fsp3) is 0.368. The fourth-order valence-corrected chi connectivity index (χ4v) is 2.54. The summed E-state index contributed by atoms with van der Waals surface area (Å²) in [6.07, 6.45) is 2.06. The van der Waals surface area contributed by atoms with Crippen molar-refractivity contribution in [1.29, 1.82) is 0 Å². The van der Waals surface area contributed by atoms with Gasteiger partial charge in [0.15, 0.2) is 0 Å². The Balaban J connectivity index is 1.93. The van der Waals surface area contributed by atoms with Gasteiger partial charge in [0, 0.05) is 0 Å². The molecular weight excluding hydrogens is 247 g/mol. The van der Waals surface area contributed by atoms with Gasteiger partial charge in [-0.15, -0.1) is 0 Å². The summed E-state index contributed by atoms with van der Waals surface area (Å²) >= 11 is 0. The Kier molecular flexibility index (Phi) is 4.94. The van der Waals surface area contributed by atoms with Crippen LogP contribution in [0.3, 0.4) is 0 Å². The van der Waals surface area contributed by atoms with Gasteiger partial charge in [-0.05, 0) is 53.5 Å². The van der Waals surface area contributed by atoms with Crippen LogP contribution in [0.15, 0.2) is 48.5 Å². The molecule has 106 valence electrons. The van der Waals surface area contributed by atoms with Crippen LogP contribution in [-0.4, -0.2) is 0 Å². The minimum absolute atomic E-state index is 0.161. The fourth-order valence-electron chi connectivity index (χ4n) is 2.54. The van der Waals surface area contributed by atoms with Gasteiger partial charge in [0.2, 0.25) is 0 Å². The van der Waals surface area contributed by atoms with E-state index in [4.69, 9.17) is 0 Å². The van der Waals surface area contributed by atoms with E-state index in [0.717, 1.165) is 12.8 Å². The molecule has 0 N–H and O–H groups in total. The Hall–Kier alpha value is -1.63. The Labute approximate surface area is 121 Å². The molecule has 0 amide bonds. The second-order valence-corrected chi connectivity index (χ2v) is 6.04. The van der Waals surface area contributed by atoms with E-state index in [1.54, 1.807) is 12.1 Å². The highest BCUT2D eigenvalue weighted by Crippen LogP contribution is 2.18. The molecule has 1 heteroatoms. The second kappa shape index (κ2) is 6.69. The van der Waals surface area contributed by atoms with Crippen molar-refractivity contribution < 1.29 is 4.39 Å². The Morgan fingerprint density at radius 3 is 1.65 bits per heavy atom. The zero-order valence-corrected chi connectivity index (χ0v) is 12.6. The van der Waals surface area contributed by atoms with E-state index in [2.05, 4.69) is 45.0 Å². The first-order chi connectivity index (χ1) is 9.54. The van der Waals surface area contributed by atoms with E-state index in [0.29, 0.717) is 11.8 Å². The van der Waals surface area contributed by atoms with Crippen LogP contribution >= 0.6 is 0 Å². The minimum atomic E-state index is -0.161. The molecule has 0 aliphatic rings. The summed E-state index contributed by atoms with van der Waals surface area (Å²) in [6.45, 7) is 6.68. The molecule has 0 aliphatic carbocycles. The standard InChI is InChI=1S/C19H23F/c1-14(2)18-8-4-16(5-9-18)12-15(3)13-17-6-10-19(20)11-7-17/h4-11,14-15H,12-13H2,1-3H3. The van der Waals surface area contributed by atoms with Gasteiger partial charge in [-0.1, -0.05) is 57.2 Å². The predicted molar refractivity (Wildman–Crippen MR) is 83.5 cm³/mol. The zero-order valence-electron chi connectivity index (χ0n) is 12.6. The summed E-state index contributed by atoms with van der Waals surface area (Å²) in [7, 11) is 0. The van der Waals surface area contributed by atoms with Crippen molar-refractivity contribution in [1.82, 2.24) is 0 Å². The van der Waals surface area contributed by atoms with Crippen LogP contribution in [0.2, 0.25) is 0 Å². The van der Waals surface area contributed by atoms with Gasteiger partial charge in [0.05, 0.1) is 0 Å². The molecule has 1 atom stereocenters. The van der Waals surface area contributed by atoms with Crippen LogP contribution in [0.4, 0.5) is 4.39 Å². The molecule has 2 rings (SSSR count). The third-order valence-electron chi connectivity index (χ3n) is 3.73. The lowest BCUT2D eigenvalue weighted by molar-refractivity contribution is 0.574. The van der Waals surface area contributed by atoms with Crippen molar-refractivity contribution in [3.05, 3.63) is 71.0 Å². The highest BCUT2D eigenvalue weighted by molar-refractivity contribution is 5.25. The van der Waals surface area contributed by atoms with Crippen LogP contribution in [0.1, 0.15) is 43.4 Å². The van der Waals surface area contributed by atoms with E-state index in [1.165, 1.54) is 16.7 Å². The van der Waals surface area contributed by atoms with Gasteiger partial charge in [0.25, 0.3) is 0 Å². The molecule has 0 heterocycles. The molecule has 0 spiro atoms. The van der Waals surface area contributed by atoms with Crippen molar-refractivity contribution >= 4 is 0 Å². The first kappa shape index (κ1) is 14.8. The molecule has 0 saturated carbocycles. The molecule has 0 aromatic heterocycles. The summed E-state index contributed by atoms with van der Waals surface area (Å²) in [6, 6.07) is 15.8. The average molecular weight is 270 g/mol. The first-order valence-electron chi connectivity index (χ1n) is 7.38. The molecule has 2 aromatic rings. The van der Waals surface area contributed by atoms with E-state index in [9.17, 15) is 4.39 Å². The van der Waals surface area contributed by atoms with Gasteiger partial charge in [-0.3, -0.25) is 0 Å². The van der Waals surface area contributed by atoms with Crippen LogP contribution < -0.4 is 0 Å². The summed E-state index contributed by atoms with van der Waals surface area (Å²) in [4.78, 5) is 0. The molecule has 0 fully saturated rings. The summed E-state index contributed by atoms with van der Waals surface area (Å²) in [5.74, 6) is 0.983. The third-order valence-corrected chi connectivity index (χ3v) is 3.73. The maximum absolute atomic E-state index is 12.9. The van der Waals surface area contributed by atoms with Crippen molar-refractivity contribution in [3.63, 3.8) is 0 Å². The topological polar surface area (TPSA) is 0 Å². The average Bonchev–Trinajstić information content (AvgIpc) is 2.42. The maximum atomic E-state index is 12.9. The lowest BCUT2D eigenvalue weighted by atomic mass is 9.93. The number of hydrogen-bond donors (Lipinski definition) is 0. The summed E-state index contributed by atoms with van der Waals surface area (Å²) < 4.78 is 12.9. The van der Waals surface area contributed by atoms with Gasteiger partial charge in [-0.25, -0.2) is 4.39 Å². The quantitative estimate of drug-likeness (QED) is 0.685. The minimum Gasteiger partial charge on any atom is -0.207 e. The number of hydrogen-bond acceptors (Lipinski definition) is 0. The molecule has 0 nitrogen and oxygen atoms in total. The van der Waals surface area contributed by atoms with Crippen LogP contribution in [-0.2, 0) is 12.8 Å². The lowest BCUT2D eigenvalue weighted by Crippen LogP contribution is -2.04.